The van der Waals surface area contributed by atoms with E-state index in [1.54, 1.807) is 0 Å². The summed E-state index contributed by atoms with van der Waals surface area (Å²) in [5, 5.41) is 0. The summed E-state index contributed by atoms with van der Waals surface area (Å²) in [6, 6.07) is 0. The molecule has 0 fully saturated rings. The Morgan fingerprint density at radius 2 is 1.06 bits per heavy atom. The zero-order valence-corrected chi connectivity index (χ0v) is 12.6. The second-order valence-electron chi connectivity index (χ2n) is 4.77. The average molecular weight is 250 g/mol. The van der Waals surface area contributed by atoms with Crippen molar-refractivity contribution in [3.63, 3.8) is 0 Å². The Kier molecular flexibility index (Phi) is 6.84. The van der Waals surface area contributed by atoms with Gasteiger partial charge in [0, 0.05) is 0 Å². The molecule has 0 aromatic rings. The molecule has 98 valence electrons. The largest absolute Gasteiger partial charge is 0.320 e. The molecule has 0 unspecified atom stereocenters. The Labute approximate surface area is 101 Å². The Balaban J connectivity index is 4.38. The molecule has 0 radical (unpaired) electrons. The molecule has 0 saturated carbocycles. The standard InChI is InChI=1S/C12H27O3P/c1-7-11(5,8-2)14-16(13)15-12(6,9-3)10-4/h16H,7-10H2,1-6H3. The van der Waals surface area contributed by atoms with Crippen LogP contribution in [0.4, 0.5) is 0 Å². The molecule has 0 aliphatic carbocycles. The molecule has 0 rings (SSSR count). The number of rotatable bonds is 8. The van der Waals surface area contributed by atoms with E-state index in [2.05, 4.69) is 0 Å². The van der Waals surface area contributed by atoms with Crippen LogP contribution in [0.2, 0.25) is 0 Å². The fraction of sp³-hybridized carbons (Fsp3) is 1.00. The van der Waals surface area contributed by atoms with Gasteiger partial charge in [0.15, 0.2) is 0 Å². The molecule has 0 amide bonds. The molecule has 0 aliphatic heterocycles. The van der Waals surface area contributed by atoms with Crippen molar-refractivity contribution in [2.75, 3.05) is 0 Å². The molecule has 0 bridgehead atoms. The summed E-state index contributed by atoms with van der Waals surface area (Å²) in [7, 11) is -2.40. The predicted molar refractivity (Wildman–Crippen MR) is 69.1 cm³/mol. The molecule has 4 heteroatoms. The predicted octanol–water partition coefficient (Wildman–Crippen LogP) is 4.57. The topological polar surface area (TPSA) is 35.5 Å². The van der Waals surface area contributed by atoms with E-state index in [9.17, 15) is 4.57 Å². The molecule has 16 heavy (non-hydrogen) atoms. The van der Waals surface area contributed by atoms with Gasteiger partial charge in [-0.25, -0.2) is 0 Å². The van der Waals surface area contributed by atoms with E-state index in [0.29, 0.717) is 0 Å². The van der Waals surface area contributed by atoms with Crippen molar-refractivity contribution in [1.82, 2.24) is 0 Å². The van der Waals surface area contributed by atoms with E-state index >= 15 is 0 Å². The van der Waals surface area contributed by atoms with Gasteiger partial charge in [0.2, 0.25) is 0 Å². The van der Waals surface area contributed by atoms with Gasteiger partial charge >= 0.3 is 8.25 Å². The van der Waals surface area contributed by atoms with Crippen LogP contribution >= 0.6 is 8.25 Å². The minimum Gasteiger partial charge on any atom is -0.304 e. The monoisotopic (exact) mass is 250 g/mol. The summed E-state index contributed by atoms with van der Waals surface area (Å²) in [5.41, 5.74) is -0.642. The lowest BCUT2D eigenvalue weighted by Crippen LogP contribution is -2.27. The summed E-state index contributed by atoms with van der Waals surface area (Å²) in [6.45, 7) is 12.1. The van der Waals surface area contributed by atoms with Crippen LogP contribution in [0.15, 0.2) is 0 Å². The number of hydrogen-bond donors (Lipinski definition) is 0. The van der Waals surface area contributed by atoms with E-state index in [0.717, 1.165) is 25.7 Å². The van der Waals surface area contributed by atoms with Gasteiger partial charge in [-0.1, -0.05) is 27.7 Å². The van der Waals surface area contributed by atoms with Crippen molar-refractivity contribution in [1.29, 1.82) is 0 Å². The second kappa shape index (κ2) is 6.78. The molecule has 0 atom stereocenters. The van der Waals surface area contributed by atoms with E-state index in [1.807, 2.05) is 41.5 Å². The van der Waals surface area contributed by atoms with Crippen LogP contribution in [0.3, 0.4) is 0 Å². The molecule has 0 heterocycles. The Morgan fingerprint density at radius 1 is 0.812 bits per heavy atom. The highest BCUT2D eigenvalue weighted by atomic mass is 31.1. The van der Waals surface area contributed by atoms with Gasteiger partial charge in [-0.05, 0) is 39.5 Å². The van der Waals surface area contributed by atoms with Crippen molar-refractivity contribution < 1.29 is 13.6 Å². The highest BCUT2D eigenvalue weighted by Crippen LogP contribution is 2.40. The molecule has 3 nitrogen and oxygen atoms in total. The van der Waals surface area contributed by atoms with E-state index in [1.165, 1.54) is 0 Å². The molecule has 0 aromatic heterocycles. The van der Waals surface area contributed by atoms with Crippen LogP contribution in [-0.2, 0) is 13.6 Å². The lowest BCUT2D eigenvalue weighted by Gasteiger charge is -2.31. The van der Waals surface area contributed by atoms with Gasteiger partial charge < -0.3 is 9.05 Å². The van der Waals surface area contributed by atoms with Crippen molar-refractivity contribution in [2.24, 2.45) is 0 Å². The lowest BCUT2D eigenvalue weighted by molar-refractivity contribution is 0.0206. The second-order valence-corrected chi connectivity index (χ2v) is 5.68. The maximum Gasteiger partial charge on any atom is 0.320 e. The highest BCUT2D eigenvalue weighted by molar-refractivity contribution is 7.33. The Morgan fingerprint density at radius 3 is 1.25 bits per heavy atom. The van der Waals surface area contributed by atoms with Crippen molar-refractivity contribution in [3.8, 4) is 0 Å². The molecule has 0 saturated heterocycles. The van der Waals surface area contributed by atoms with Crippen LogP contribution in [0.1, 0.15) is 67.2 Å². The summed E-state index contributed by atoms with van der Waals surface area (Å²) in [6.07, 6.45) is 3.38. The molecule has 0 N–H and O–H groups in total. The minimum atomic E-state index is -2.40. The van der Waals surface area contributed by atoms with Crippen LogP contribution in [0.5, 0.6) is 0 Å². The third-order valence-corrected chi connectivity index (χ3v) is 4.97. The summed E-state index contributed by atoms with van der Waals surface area (Å²) >= 11 is 0. The molecular weight excluding hydrogens is 223 g/mol. The average Bonchev–Trinajstić information content (AvgIpc) is 2.28. The van der Waals surface area contributed by atoms with Gasteiger partial charge in [0.25, 0.3) is 0 Å². The van der Waals surface area contributed by atoms with Crippen LogP contribution in [-0.4, -0.2) is 11.2 Å². The first-order valence-electron chi connectivity index (χ1n) is 6.26. The zero-order chi connectivity index (χ0) is 12.8. The maximum absolute atomic E-state index is 11.9. The van der Waals surface area contributed by atoms with Crippen LogP contribution < -0.4 is 0 Å². The van der Waals surface area contributed by atoms with Crippen LogP contribution in [0, 0.1) is 0 Å². The summed E-state index contributed by atoms with van der Waals surface area (Å²) < 4.78 is 23.0. The fourth-order valence-electron chi connectivity index (χ4n) is 1.21. The minimum absolute atomic E-state index is 0.321. The maximum atomic E-state index is 11.9. The van der Waals surface area contributed by atoms with E-state index in [-0.39, 0.29) is 11.2 Å². The Hall–Kier alpha value is 0.150. The first kappa shape index (κ1) is 16.1. The first-order chi connectivity index (χ1) is 7.34. The van der Waals surface area contributed by atoms with Gasteiger partial charge in [0.1, 0.15) is 0 Å². The highest BCUT2D eigenvalue weighted by Gasteiger charge is 2.28. The normalized spacial score (nSPS) is 13.4. The third-order valence-electron chi connectivity index (χ3n) is 3.65. The molecular formula is C12H27O3P. The quantitative estimate of drug-likeness (QED) is 0.592. The van der Waals surface area contributed by atoms with Gasteiger partial charge in [0.05, 0.1) is 11.2 Å². The Bertz CT molecular complexity index is 198. The van der Waals surface area contributed by atoms with Crippen molar-refractivity contribution in [2.45, 2.75) is 78.4 Å². The molecule has 0 spiro atoms. The van der Waals surface area contributed by atoms with Crippen molar-refractivity contribution >= 4 is 8.25 Å². The van der Waals surface area contributed by atoms with Gasteiger partial charge in [-0.15, -0.1) is 0 Å². The van der Waals surface area contributed by atoms with Crippen molar-refractivity contribution in [3.05, 3.63) is 0 Å². The SMILES string of the molecule is CCC(C)(CC)O[PH](=O)OC(C)(CC)CC. The molecule has 0 aromatic carbocycles. The van der Waals surface area contributed by atoms with Crippen LogP contribution in [0.25, 0.3) is 0 Å². The smallest absolute Gasteiger partial charge is 0.304 e. The van der Waals surface area contributed by atoms with E-state index in [4.69, 9.17) is 9.05 Å². The molecule has 0 aliphatic rings. The van der Waals surface area contributed by atoms with E-state index < -0.39 is 8.25 Å². The van der Waals surface area contributed by atoms with Gasteiger partial charge in [-0.3, -0.25) is 4.57 Å². The number of hydrogen-bond acceptors (Lipinski definition) is 3. The lowest BCUT2D eigenvalue weighted by atomic mass is 10.0. The summed E-state index contributed by atoms with van der Waals surface area (Å²) in [4.78, 5) is 0. The first-order valence-corrected chi connectivity index (χ1v) is 7.49. The fourth-order valence-corrected chi connectivity index (χ4v) is 2.64. The third kappa shape index (κ3) is 4.99. The zero-order valence-electron chi connectivity index (χ0n) is 11.6. The summed E-state index contributed by atoms with van der Waals surface area (Å²) in [5.74, 6) is 0. The van der Waals surface area contributed by atoms with Gasteiger partial charge in [-0.2, -0.15) is 0 Å².